The van der Waals surface area contributed by atoms with Crippen LogP contribution < -0.4 is 9.64 Å². The third-order valence-corrected chi connectivity index (χ3v) is 6.55. The first-order valence-corrected chi connectivity index (χ1v) is 10.6. The Bertz CT molecular complexity index is 1070. The van der Waals surface area contributed by atoms with Gasteiger partial charge in [-0.1, -0.05) is 49.7 Å². The molecule has 2 aliphatic rings. The number of para-hydroxylation sites is 1. The number of rotatable bonds is 3. The highest BCUT2D eigenvalue weighted by Crippen LogP contribution is 2.50. The largest absolute Gasteiger partial charge is 0.496 e. The molecule has 2 aromatic rings. The van der Waals surface area contributed by atoms with Gasteiger partial charge in [-0.2, -0.15) is 0 Å². The van der Waals surface area contributed by atoms with Crippen LogP contribution in [0.25, 0.3) is 0 Å². The van der Waals surface area contributed by atoms with Crippen molar-refractivity contribution in [3.8, 4) is 5.75 Å². The van der Waals surface area contributed by atoms with E-state index >= 15 is 0 Å². The van der Waals surface area contributed by atoms with E-state index in [2.05, 4.69) is 13.8 Å². The van der Waals surface area contributed by atoms with E-state index < -0.39 is 0 Å². The Balaban J connectivity index is 1.95. The van der Waals surface area contributed by atoms with Gasteiger partial charge in [0, 0.05) is 40.6 Å². The highest BCUT2D eigenvalue weighted by atomic mass is 35.5. The van der Waals surface area contributed by atoms with Gasteiger partial charge in [-0.15, -0.1) is 0 Å². The molecular formula is C25H26ClNO3. The molecule has 4 rings (SSSR count). The van der Waals surface area contributed by atoms with Crippen LogP contribution in [0.5, 0.6) is 5.75 Å². The summed E-state index contributed by atoms with van der Waals surface area (Å²) in [5, 5.41) is 0.607. The van der Waals surface area contributed by atoms with Gasteiger partial charge in [0.25, 0.3) is 0 Å². The number of amides is 1. The van der Waals surface area contributed by atoms with E-state index in [1.54, 1.807) is 12.0 Å². The Labute approximate surface area is 182 Å². The standard InChI is InChI=1S/C25H26ClNO3/c1-15-18(26)9-7-10-19(15)27-20-13-25(2,3)14-21(28)24(20)17(12-23(27)29)16-8-5-6-11-22(16)30-4/h5-11,17H,12-14H2,1-4H3. The summed E-state index contributed by atoms with van der Waals surface area (Å²) in [5.74, 6) is 0.477. The van der Waals surface area contributed by atoms with E-state index in [4.69, 9.17) is 16.3 Å². The number of hydrogen-bond acceptors (Lipinski definition) is 3. The summed E-state index contributed by atoms with van der Waals surface area (Å²) in [7, 11) is 1.62. The van der Waals surface area contributed by atoms with Crippen molar-refractivity contribution in [2.24, 2.45) is 5.41 Å². The summed E-state index contributed by atoms with van der Waals surface area (Å²) < 4.78 is 5.56. The minimum atomic E-state index is -0.303. The molecule has 0 spiro atoms. The number of allylic oxidation sites excluding steroid dienone is 2. The second kappa shape index (κ2) is 7.59. The number of carbonyl (C=O) groups is 2. The lowest BCUT2D eigenvalue weighted by Crippen LogP contribution is -2.44. The van der Waals surface area contributed by atoms with E-state index in [0.29, 0.717) is 23.6 Å². The molecule has 1 aliphatic heterocycles. The van der Waals surface area contributed by atoms with Gasteiger partial charge in [0.2, 0.25) is 5.91 Å². The molecule has 1 amide bonds. The molecule has 5 heteroatoms. The molecule has 0 N–H and O–H groups in total. The van der Waals surface area contributed by atoms with Crippen LogP contribution in [-0.2, 0) is 9.59 Å². The van der Waals surface area contributed by atoms with Crippen molar-refractivity contribution in [2.45, 2.75) is 46.0 Å². The third-order valence-electron chi connectivity index (χ3n) is 6.14. The number of anilines is 1. The number of carbonyl (C=O) groups excluding carboxylic acids is 2. The lowest BCUT2D eigenvalue weighted by atomic mass is 9.69. The molecule has 1 heterocycles. The van der Waals surface area contributed by atoms with Crippen molar-refractivity contribution < 1.29 is 14.3 Å². The summed E-state index contributed by atoms with van der Waals surface area (Å²) in [6.45, 7) is 6.07. The van der Waals surface area contributed by atoms with Crippen molar-refractivity contribution in [1.29, 1.82) is 0 Å². The maximum absolute atomic E-state index is 13.5. The molecule has 0 aromatic heterocycles. The number of ketones is 1. The predicted octanol–water partition coefficient (Wildman–Crippen LogP) is 5.82. The maximum Gasteiger partial charge on any atom is 0.232 e. The molecule has 156 valence electrons. The molecule has 30 heavy (non-hydrogen) atoms. The number of ether oxygens (including phenoxy) is 1. The first-order valence-electron chi connectivity index (χ1n) is 10.2. The molecule has 0 saturated heterocycles. The minimum Gasteiger partial charge on any atom is -0.496 e. The van der Waals surface area contributed by atoms with E-state index in [1.807, 2.05) is 49.4 Å². The SMILES string of the molecule is COc1ccccc1C1CC(=O)N(c2cccc(Cl)c2C)C2=C1C(=O)CC(C)(C)C2. The molecule has 1 aliphatic carbocycles. The molecule has 4 nitrogen and oxygen atoms in total. The minimum absolute atomic E-state index is 0.0273. The summed E-state index contributed by atoms with van der Waals surface area (Å²) in [6, 6.07) is 13.2. The lowest BCUT2D eigenvalue weighted by molar-refractivity contribution is -0.121. The van der Waals surface area contributed by atoms with Crippen LogP contribution in [0, 0.1) is 12.3 Å². The normalized spacial score (nSPS) is 21.0. The van der Waals surface area contributed by atoms with Gasteiger partial charge in [0.15, 0.2) is 5.78 Å². The molecule has 0 bridgehead atoms. The molecule has 0 saturated carbocycles. The number of hydrogen-bond donors (Lipinski definition) is 0. The summed E-state index contributed by atoms with van der Waals surface area (Å²) in [4.78, 5) is 28.6. The average molecular weight is 424 g/mol. The van der Waals surface area contributed by atoms with Crippen molar-refractivity contribution in [2.75, 3.05) is 12.0 Å². The molecule has 1 atom stereocenters. The van der Waals surface area contributed by atoms with Gasteiger partial charge in [-0.25, -0.2) is 0 Å². The van der Waals surface area contributed by atoms with Crippen LogP contribution in [0.2, 0.25) is 5.02 Å². The van der Waals surface area contributed by atoms with Crippen molar-refractivity contribution in [3.63, 3.8) is 0 Å². The summed E-state index contributed by atoms with van der Waals surface area (Å²) in [6.07, 6.45) is 1.34. The smallest absolute Gasteiger partial charge is 0.232 e. The predicted molar refractivity (Wildman–Crippen MR) is 119 cm³/mol. The maximum atomic E-state index is 13.5. The summed E-state index contributed by atoms with van der Waals surface area (Å²) in [5.41, 5.74) is 3.79. The molecular weight excluding hydrogens is 398 g/mol. The fourth-order valence-electron chi connectivity index (χ4n) is 4.75. The Morgan fingerprint density at radius 1 is 1.07 bits per heavy atom. The van der Waals surface area contributed by atoms with Gasteiger partial charge < -0.3 is 4.74 Å². The second-order valence-corrected chi connectivity index (χ2v) is 9.32. The van der Waals surface area contributed by atoms with E-state index in [9.17, 15) is 9.59 Å². The highest BCUT2D eigenvalue weighted by Gasteiger charge is 2.45. The zero-order chi connectivity index (χ0) is 21.6. The van der Waals surface area contributed by atoms with Gasteiger partial charge in [-0.3, -0.25) is 14.5 Å². The van der Waals surface area contributed by atoms with Gasteiger partial charge >= 0.3 is 0 Å². The van der Waals surface area contributed by atoms with Crippen LogP contribution >= 0.6 is 11.6 Å². The monoisotopic (exact) mass is 423 g/mol. The van der Waals surface area contributed by atoms with Crippen LogP contribution in [-0.4, -0.2) is 18.8 Å². The van der Waals surface area contributed by atoms with Gasteiger partial charge in [-0.05, 0) is 42.5 Å². The van der Waals surface area contributed by atoms with E-state index in [1.165, 1.54) is 0 Å². The first-order chi connectivity index (χ1) is 14.2. The third kappa shape index (κ3) is 3.43. The van der Waals surface area contributed by atoms with Crippen molar-refractivity contribution in [1.82, 2.24) is 0 Å². The average Bonchev–Trinajstić information content (AvgIpc) is 2.69. The Kier molecular flexibility index (Phi) is 5.23. The Hall–Kier alpha value is -2.59. The number of methoxy groups -OCH3 is 1. The molecule has 0 radical (unpaired) electrons. The zero-order valence-electron chi connectivity index (χ0n) is 17.8. The lowest BCUT2D eigenvalue weighted by Gasteiger charge is -2.43. The topological polar surface area (TPSA) is 46.6 Å². The molecule has 0 fully saturated rings. The fraction of sp³-hybridized carbons (Fsp3) is 0.360. The first kappa shape index (κ1) is 20.7. The Morgan fingerprint density at radius 2 is 1.80 bits per heavy atom. The number of Topliss-reactive ketones (excluding diaryl/α,β-unsaturated/α-hetero) is 1. The van der Waals surface area contributed by atoms with Crippen LogP contribution in [0.15, 0.2) is 53.7 Å². The zero-order valence-corrected chi connectivity index (χ0v) is 18.5. The quantitative estimate of drug-likeness (QED) is 0.624. The second-order valence-electron chi connectivity index (χ2n) is 8.91. The van der Waals surface area contributed by atoms with Crippen molar-refractivity contribution in [3.05, 3.63) is 69.9 Å². The van der Waals surface area contributed by atoms with Gasteiger partial charge in [0.05, 0.1) is 12.8 Å². The van der Waals surface area contributed by atoms with Crippen LogP contribution in [0.3, 0.4) is 0 Å². The highest BCUT2D eigenvalue weighted by molar-refractivity contribution is 6.31. The van der Waals surface area contributed by atoms with E-state index in [0.717, 1.165) is 28.1 Å². The Morgan fingerprint density at radius 3 is 2.53 bits per heavy atom. The fourth-order valence-corrected chi connectivity index (χ4v) is 4.92. The number of benzene rings is 2. The number of nitrogens with zero attached hydrogens (tertiary/aromatic N) is 1. The van der Waals surface area contributed by atoms with E-state index in [-0.39, 0.29) is 29.4 Å². The van der Waals surface area contributed by atoms with Gasteiger partial charge in [0.1, 0.15) is 5.75 Å². The van der Waals surface area contributed by atoms with Crippen molar-refractivity contribution >= 4 is 29.0 Å². The molecule has 2 aromatic carbocycles. The van der Waals surface area contributed by atoms with Crippen LogP contribution in [0.4, 0.5) is 5.69 Å². The van der Waals surface area contributed by atoms with Crippen LogP contribution in [0.1, 0.15) is 50.2 Å². The summed E-state index contributed by atoms with van der Waals surface area (Å²) >= 11 is 6.37. The molecule has 1 unspecified atom stereocenters. The number of halogens is 1.